The van der Waals surface area contributed by atoms with Gasteiger partial charge in [-0.15, -0.1) is 0 Å². The predicted molar refractivity (Wildman–Crippen MR) is 87.0 cm³/mol. The van der Waals surface area contributed by atoms with Crippen LogP contribution in [0.2, 0.25) is 0 Å². The van der Waals surface area contributed by atoms with E-state index >= 15 is 0 Å². The maximum atomic E-state index is 6.27. The van der Waals surface area contributed by atoms with Crippen LogP contribution in [-0.4, -0.2) is 6.04 Å². The zero-order valence-corrected chi connectivity index (χ0v) is 12.6. The van der Waals surface area contributed by atoms with E-state index in [1.807, 2.05) is 0 Å². The van der Waals surface area contributed by atoms with E-state index in [2.05, 4.69) is 62.4 Å². The fourth-order valence-electron chi connectivity index (χ4n) is 2.55. The molecule has 0 aliphatic carbocycles. The van der Waals surface area contributed by atoms with Gasteiger partial charge in [-0.1, -0.05) is 55.5 Å². The summed E-state index contributed by atoms with van der Waals surface area (Å²) in [4.78, 5) is 0. The van der Waals surface area contributed by atoms with E-state index in [1.165, 1.54) is 22.3 Å². The Morgan fingerprint density at radius 1 is 0.950 bits per heavy atom. The minimum atomic E-state index is 0.238. The molecule has 1 unspecified atom stereocenters. The summed E-state index contributed by atoms with van der Waals surface area (Å²) in [5.74, 6) is 0. The minimum Gasteiger partial charge on any atom is -0.327 e. The summed E-state index contributed by atoms with van der Waals surface area (Å²) in [5, 5.41) is 0. The molecule has 20 heavy (non-hydrogen) atoms. The van der Waals surface area contributed by atoms with E-state index in [-0.39, 0.29) is 6.04 Å². The van der Waals surface area contributed by atoms with Gasteiger partial charge in [0, 0.05) is 6.04 Å². The first-order valence-corrected chi connectivity index (χ1v) is 7.57. The first-order valence-electron chi connectivity index (χ1n) is 7.57. The molecule has 1 heteroatoms. The van der Waals surface area contributed by atoms with Crippen LogP contribution in [0.1, 0.15) is 35.6 Å². The van der Waals surface area contributed by atoms with Gasteiger partial charge < -0.3 is 5.73 Å². The van der Waals surface area contributed by atoms with Crippen molar-refractivity contribution in [1.82, 2.24) is 0 Å². The van der Waals surface area contributed by atoms with Crippen LogP contribution < -0.4 is 5.73 Å². The van der Waals surface area contributed by atoms with Crippen molar-refractivity contribution in [3.05, 3.63) is 70.8 Å². The standard InChI is InChI=1S/C19H25N/c1-3-16-8-10-17(11-9-16)14-19(20)13-12-18-7-5-4-6-15(18)2/h4-11,19H,3,12-14,20H2,1-2H3. The fraction of sp³-hybridized carbons (Fsp3) is 0.368. The Bertz CT molecular complexity index is 528. The molecule has 0 aliphatic rings. The number of hydrogen-bond donors (Lipinski definition) is 1. The Labute approximate surface area is 122 Å². The highest BCUT2D eigenvalue weighted by atomic mass is 14.6. The van der Waals surface area contributed by atoms with E-state index in [0.717, 1.165) is 25.7 Å². The molecule has 0 saturated carbocycles. The van der Waals surface area contributed by atoms with Crippen LogP contribution in [0.25, 0.3) is 0 Å². The molecule has 2 N–H and O–H groups in total. The molecular formula is C19H25N. The van der Waals surface area contributed by atoms with Gasteiger partial charge in [0.1, 0.15) is 0 Å². The lowest BCUT2D eigenvalue weighted by Crippen LogP contribution is -2.23. The van der Waals surface area contributed by atoms with Gasteiger partial charge in [0.05, 0.1) is 0 Å². The molecule has 106 valence electrons. The van der Waals surface area contributed by atoms with Gasteiger partial charge in [-0.05, 0) is 54.9 Å². The SMILES string of the molecule is CCc1ccc(CC(N)CCc2ccccc2C)cc1. The summed E-state index contributed by atoms with van der Waals surface area (Å²) in [5.41, 5.74) is 11.8. The highest BCUT2D eigenvalue weighted by molar-refractivity contribution is 5.26. The van der Waals surface area contributed by atoms with Crippen LogP contribution >= 0.6 is 0 Å². The van der Waals surface area contributed by atoms with Crippen molar-refractivity contribution in [1.29, 1.82) is 0 Å². The summed E-state index contributed by atoms with van der Waals surface area (Å²) in [7, 11) is 0. The molecule has 0 aliphatic heterocycles. The van der Waals surface area contributed by atoms with E-state index in [1.54, 1.807) is 0 Å². The first kappa shape index (κ1) is 14.8. The maximum absolute atomic E-state index is 6.27. The fourth-order valence-corrected chi connectivity index (χ4v) is 2.55. The highest BCUT2D eigenvalue weighted by Crippen LogP contribution is 2.13. The van der Waals surface area contributed by atoms with E-state index < -0.39 is 0 Å². The lowest BCUT2D eigenvalue weighted by atomic mass is 9.97. The molecule has 0 radical (unpaired) electrons. The van der Waals surface area contributed by atoms with Crippen molar-refractivity contribution >= 4 is 0 Å². The second kappa shape index (κ2) is 7.25. The predicted octanol–water partition coefficient (Wildman–Crippen LogP) is 4.06. The molecule has 0 fully saturated rings. The van der Waals surface area contributed by atoms with Gasteiger partial charge in [0.2, 0.25) is 0 Å². The second-order valence-corrected chi connectivity index (χ2v) is 5.60. The Balaban J connectivity index is 1.86. The molecule has 2 aromatic rings. The van der Waals surface area contributed by atoms with Crippen molar-refractivity contribution in [3.63, 3.8) is 0 Å². The van der Waals surface area contributed by atoms with Gasteiger partial charge in [0.15, 0.2) is 0 Å². The maximum Gasteiger partial charge on any atom is 0.00824 e. The second-order valence-electron chi connectivity index (χ2n) is 5.60. The third kappa shape index (κ3) is 4.21. The van der Waals surface area contributed by atoms with Gasteiger partial charge in [-0.25, -0.2) is 0 Å². The molecule has 2 aromatic carbocycles. The number of aryl methyl sites for hydroxylation is 3. The summed E-state index contributed by atoms with van der Waals surface area (Å²) in [6, 6.07) is 17.7. The first-order chi connectivity index (χ1) is 9.69. The Morgan fingerprint density at radius 2 is 1.60 bits per heavy atom. The zero-order chi connectivity index (χ0) is 14.4. The van der Waals surface area contributed by atoms with Crippen LogP contribution in [0.15, 0.2) is 48.5 Å². The Kier molecular flexibility index (Phi) is 5.37. The number of benzene rings is 2. The molecule has 1 atom stereocenters. The third-order valence-corrected chi connectivity index (χ3v) is 3.97. The quantitative estimate of drug-likeness (QED) is 0.839. The summed E-state index contributed by atoms with van der Waals surface area (Å²) in [6.07, 6.45) is 4.18. The minimum absolute atomic E-state index is 0.238. The number of nitrogens with two attached hydrogens (primary N) is 1. The summed E-state index contributed by atoms with van der Waals surface area (Å²) < 4.78 is 0. The molecule has 2 rings (SSSR count). The molecular weight excluding hydrogens is 242 g/mol. The van der Waals surface area contributed by atoms with Crippen LogP contribution in [0.3, 0.4) is 0 Å². The van der Waals surface area contributed by atoms with Crippen LogP contribution in [-0.2, 0) is 19.3 Å². The van der Waals surface area contributed by atoms with Gasteiger partial charge in [-0.3, -0.25) is 0 Å². The number of rotatable bonds is 6. The van der Waals surface area contributed by atoms with E-state index in [0.29, 0.717) is 0 Å². The van der Waals surface area contributed by atoms with Gasteiger partial charge >= 0.3 is 0 Å². The average Bonchev–Trinajstić information content (AvgIpc) is 2.47. The van der Waals surface area contributed by atoms with Crippen molar-refractivity contribution in [2.24, 2.45) is 5.73 Å². The summed E-state index contributed by atoms with van der Waals surface area (Å²) >= 11 is 0. The van der Waals surface area contributed by atoms with Gasteiger partial charge in [-0.2, -0.15) is 0 Å². The van der Waals surface area contributed by atoms with Crippen molar-refractivity contribution in [3.8, 4) is 0 Å². The van der Waals surface area contributed by atoms with Crippen molar-refractivity contribution in [2.75, 3.05) is 0 Å². The number of hydrogen-bond acceptors (Lipinski definition) is 1. The van der Waals surface area contributed by atoms with Crippen LogP contribution in [0.4, 0.5) is 0 Å². The third-order valence-electron chi connectivity index (χ3n) is 3.97. The average molecular weight is 267 g/mol. The zero-order valence-electron chi connectivity index (χ0n) is 12.6. The molecule has 0 saturated heterocycles. The van der Waals surface area contributed by atoms with Crippen LogP contribution in [0, 0.1) is 6.92 Å². The topological polar surface area (TPSA) is 26.0 Å². The molecule has 0 amide bonds. The Hall–Kier alpha value is -1.60. The largest absolute Gasteiger partial charge is 0.327 e. The monoisotopic (exact) mass is 267 g/mol. The lowest BCUT2D eigenvalue weighted by molar-refractivity contribution is 0.609. The lowest BCUT2D eigenvalue weighted by Gasteiger charge is -2.13. The Morgan fingerprint density at radius 3 is 2.25 bits per heavy atom. The van der Waals surface area contributed by atoms with Gasteiger partial charge in [0.25, 0.3) is 0 Å². The van der Waals surface area contributed by atoms with Crippen molar-refractivity contribution in [2.45, 2.75) is 45.6 Å². The van der Waals surface area contributed by atoms with E-state index in [9.17, 15) is 0 Å². The summed E-state index contributed by atoms with van der Waals surface area (Å²) in [6.45, 7) is 4.35. The molecule has 0 spiro atoms. The normalized spacial score (nSPS) is 12.3. The van der Waals surface area contributed by atoms with Crippen LogP contribution in [0.5, 0.6) is 0 Å². The van der Waals surface area contributed by atoms with E-state index in [4.69, 9.17) is 5.73 Å². The highest BCUT2D eigenvalue weighted by Gasteiger charge is 2.06. The molecule has 0 aromatic heterocycles. The molecule has 0 heterocycles. The smallest absolute Gasteiger partial charge is 0.00824 e. The molecule has 0 bridgehead atoms. The molecule has 1 nitrogen and oxygen atoms in total. The van der Waals surface area contributed by atoms with Crippen molar-refractivity contribution < 1.29 is 0 Å².